The van der Waals surface area contributed by atoms with Crippen LogP contribution in [0.15, 0.2) is 0 Å². The lowest BCUT2D eigenvalue weighted by molar-refractivity contribution is 0.163. The lowest BCUT2D eigenvalue weighted by Gasteiger charge is -2.27. The fourth-order valence-corrected chi connectivity index (χ4v) is 2.73. The van der Waals surface area contributed by atoms with Gasteiger partial charge in [-0.2, -0.15) is 0 Å². The molecule has 4 heteroatoms. The molecule has 0 radical (unpaired) electrons. The molecule has 0 bridgehead atoms. The van der Waals surface area contributed by atoms with Gasteiger partial charge < -0.3 is 15.7 Å². The van der Waals surface area contributed by atoms with Crippen LogP contribution >= 0.6 is 0 Å². The number of rotatable bonds is 5. The minimum absolute atomic E-state index is 0.0634. The van der Waals surface area contributed by atoms with E-state index in [-0.39, 0.29) is 12.1 Å². The molecule has 106 valence electrons. The van der Waals surface area contributed by atoms with Crippen molar-refractivity contribution in [2.75, 3.05) is 6.54 Å². The molecule has 1 aliphatic carbocycles. The number of carbonyl (C=O) groups is 1. The van der Waals surface area contributed by atoms with E-state index >= 15 is 0 Å². The highest BCUT2D eigenvalue weighted by Crippen LogP contribution is 2.23. The highest BCUT2D eigenvalue weighted by molar-refractivity contribution is 5.74. The summed E-state index contributed by atoms with van der Waals surface area (Å²) in [5, 5.41) is 15.2. The van der Waals surface area contributed by atoms with E-state index in [0.29, 0.717) is 18.5 Å². The van der Waals surface area contributed by atoms with Crippen LogP contribution < -0.4 is 10.6 Å². The number of amides is 2. The van der Waals surface area contributed by atoms with Gasteiger partial charge in [0.15, 0.2) is 0 Å². The number of aliphatic hydroxyl groups is 1. The molecule has 1 fully saturated rings. The molecule has 0 heterocycles. The zero-order valence-electron chi connectivity index (χ0n) is 11.9. The second-order valence-corrected chi connectivity index (χ2v) is 6.01. The average molecular weight is 256 g/mol. The molecular weight excluding hydrogens is 228 g/mol. The molecule has 4 atom stereocenters. The topological polar surface area (TPSA) is 61.4 Å². The summed E-state index contributed by atoms with van der Waals surface area (Å²) in [6, 6.07) is 0.271. The monoisotopic (exact) mass is 256 g/mol. The van der Waals surface area contributed by atoms with E-state index in [4.69, 9.17) is 0 Å². The SMILES string of the molecule is CC(O)CC(C)CNC(=O)NC1CCCC(C)C1. The Balaban J connectivity index is 2.17. The summed E-state index contributed by atoms with van der Waals surface area (Å²) >= 11 is 0. The first-order chi connectivity index (χ1) is 8.47. The van der Waals surface area contributed by atoms with Crippen molar-refractivity contribution in [3.63, 3.8) is 0 Å². The van der Waals surface area contributed by atoms with Gasteiger partial charge in [0.2, 0.25) is 0 Å². The number of hydrogen-bond acceptors (Lipinski definition) is 2. The van der Waals surface area contributed by atoms with Gasteiger partial charge in [0.1, 0.15) is 0 Å². The van der Waals surface area contributed by atoms with E-state index in [2.05, 4.69) is 17.6 Å². The third-order valence-corrected chi connectivity index (χ3v) is 3.63. The standard InChI is InChI=1S/C14H28N2O2/c1-10-5-4-6-13(8-10)16-14(18)15-9-11(2)7-12(3)17/h10-13,17H,4-9H2,1-3H3,(H2,15,16,18). The fourth-order valence-electron chi connectivity index (χ4n) is 2.73. The third kappa shape index (κ3) is 6.24. The highest BCUT2D eigenvalue weighted by Gasteiger charge is 2.20. The normalized spacial score (nSPS) is 27.3. The van der Waals surface area contributed by atoms with Crippen LogP contribution in [0.5, 0.6) is 0 Å². The summed E-state index contributed by atoms with van der Waals surface area (Å²) < 4.78 is 0. The summed E-state index contributed by atoms with van der Waals surface area (Å²) in [5.74, 6) is 1.03. The molecule has 0 aliphatic heterocycles. The number of urea groups is 1. The summed E-state index contributed by atoms with van der Waals surface area (Å²) in [7, 11) is 0. The first-order valence-electron chi connectivity index (χ1n) is 7.19. The van der Waals surface area contributed by atoms with Gasteiger partial charge in [-0.1, -0.05) is 26.7 Å². The quantitative estimate of drug-likeness (QED) is 0.706. The molecular formula is C14H28N2O2. The number of nitrogens with one attached hydrogen (secondary N) is 2. The zero-order chi connectivity index (χ0) is 13.5. The number of aliphatic hydroxyl groups excluding tert-OH is 1. The van der Waals surface area contributed by atoms with Crippen LogP contribution in [-0.4, -0.2) is 29.8 Å². The second kappa shape index (κ2) is 7.62. The summed E-state index contributed by atoms with van der Waals surface area (Å²) in [4.78, 5) is 11.7. The van der Waals surface area contributed by atoms with E-state index in [9.17, 15) is 9.90 Å². The fraction of sp³-hybridized carbons (Fsp3) is 0.929. The molecule has 4 nitrogen and oxygen atoms in total. The van der Waals surface area contributed by atoms with Crippen LogP contribution in [0.1, 0.15) is 52.9 Å². The molecule has 0 aromatic carbocycles. The van der Waals surface area contributed by atoms with Crippen LogP contribution in [0.2, 0.25) is 0 Å². The molecule has 3 N–H and O–H groups in total. The van der Waals surface area contributed by atoms with E-state index in [1.807, 2.05) is 6.92 Å². The molecule has 0 aromatic heterocycles. The number of carbonyl (C=O) groups excluding carboxylic acids is 1. The minimum atomic E-state index is -0.302. The van der Waals surface area contributed by atoms with Gasteiger partial charge in [0.05, 0.1) is 6.10 Å². The minimum Gasteiger partial charge on any atom is -0.393 e. The van der Waals surface area contributed by atoms with Crippen molar-refractivity contribution in [3.05, 3.63) is 0 Å². The molecule has 1 rings (SSSR count). The first kappa shape index (κ1) is 15.3. The predicted molar refractivity (Wildman–Crippen MR) is 73.4 cm³/mol. The molecule has 1 saturated carbocycles. The highest BCUT2D eigenvalue weighted by atomic mass is 16.3. The van der Waals surface area contributed by atoms with Crippen molar-refractivity contribution in [3.8, 4) is 0 Å². The Hall–Kier alpha value is -0.770. The second-order valence-electron chi connectivity index (χ2n) is 6.01. The maximum Gasteiger partial charge on any atom is 0.315 e. The molecule has 18 heavy (non-hydrogen) atoms. The first-order valence-corrected chi connectivity index (χ1v) is 7.19. The third-order valence-electron chi connectivity index (χ3n) is 3.63. The Morgan fingerprint density at radius 3 is 2.72 bits per heavy atom. The Labute approximate surface area is 111 Å². The van der Waals surface area contributed by atoms with E-state index in [1.54, 1.807) is 6.92 Å². The lowest BCUT2D eigenvalue weighted by Crippen LogP contribution is -2.45. The molecule has 0 aromatic rings. The summed E-state index contributed by atoms with van der Waals surface area (Å²) in [5.41, 5.74) is 0. The lowest BCUT2D eigenvalue weighted by atomic mass is 9.87. The molecule has 0 spiro atoms. The average Bonchev–Trinajstić information content (AvgIpc) is 2.25. The largest absolute Gasteiger partial charge is 0.393 e. The van der Waals surface area contributed by atoms with Gasteiger partial charge >= 0.3 is 6.03 Å². The summed E-state index contributed by atoms with van der Waals surface area (Å²) in [6.07, 6.45) is 5.11. The van der Waals surface area contributed by atoms with E-state index < -0.39 is 0 Å². The van der Waals surface area contributed by atoms with Crippen LogP contribution in [0, 0.1) is 11.8 Å². The van der Waals surface area contributed by atoms with Crippen molar-refractivity contribution in [2.24, 2.45) is 11.8 Å². The van der Waals surface area contributed by atoms with Gasteiger partial charge in [0, 0.05) is 12.6 Å². The van der Waals surface area contributed by atoms with Gasteiger partial charge in [-0.25, -0.2) is 4.79 Å². The molecule has 0 saturated heterocycles. The molecule has 2 amide bonds. The van der Waals surface area contributed by atoms with Crippen molar-refractivity contribution in [2.45, 2.75) is 65.0 Å². The van der Waals surface area contributed by atoms with Crippen molar-refractivity contribution in [1.82, 2.24) is 10.6 Å². The van der Waals surface area contributed by atoms with Crippen molar-refractivity contribution < 1.29 is 9.90 Å². The predicted octanol–water partition coefficient (Wildman–Crippen LogP) is 2.27. The van der Waals surface area contributed by atoms with Crippen LogP contribution in [0.25, 0.3) is 0 Å². The molecule has 4 unspecified atom stereocenters. The maximum atomic E-state index is 11.7. The van der Waals surface area contributed by atoms with Crippen LogP contribution in [0.4, 0.5) is 4.79 Å². The van der Waals surface area contributed by atoms with Gasteiger partial charge in [0.25, 0.3) is 0 Å². The maximum absolute atomic E-state index is 11.7. The van der Waals surface area contributed by atoms with Crippen LogP contribution in [0.3, 0.4) is 0 Å². The molecule has 1 aliphatic rings. The van der Waals surface area contributed by atoms with Gasteiger partial charge in [-0.05, 0) is 38.0 Å². The van der Waals surface area contributed by atoms with E-state index in [1.165, 1.54) is 12.8 Å². The van der Waals surface area contributed by atoms with Crippen molar-refractivity contribution in [1.29, 1.82) is 0 Å². The number of hydrogen-bond donors (Lipinski definition) is 3. The van der Waals surface area contributed by atoms with E-state index in [0.717, 1.165) is 25.2 Å². The van der Waals surface area contributed by atoms with Crippen molar-refractivity contribution >= 4 is 6.03 Å². The van der Waals surface area contributed by atoms with Gasteiger partial charge in [-0.3, -0.25) is 0 Å². The Kier molecular flexibility index (Phi) is 6.47. The Bertz CT molecular complexity index is 256. The zero-order valence-corrected chi connectivity index (χ0v) is 11.9. The smallest absolute Gasteiger partial charge is 0.315 e. The summed E-state index contributed by atoms with van der Waals surface area (Å²) in [6.45, 7) is 6.69. The Morgan fingerprint density at radius 1 is 1.39 bits per heavy atom. The van der Waals surface area contributed by atoms with Crippen LogP contribution in [-0.2, 0) is 0 Å². The van der Waals surface area contributed by atoms with Gasteiger partial charge in [-0.15, -0.1) is 0 Å². The Morgan fingerprint density at radius 2 is 2.11 bits per heavy atom.